The molecule has 2 aliphatic rings. The maximum absolute atomic E-state index is 13.4. The number of hydrogen-bond acceptors (Lipinski definition) is 7. The van der Waals surface area contributed by atoms with Crippen LogP contribution in [-0.2, 0) is 18.5 Å². The van der Waals surface area contributed by atoms with Crippen molar-refractivity contribution in [2.24, 2.45) is 0 Å². The van der Waals surface area contributed by atoms with Crippen molar-refractivity contribution < 1.29 is 0 Å². The maximum Gasteiger partial charge on any atom is 0.278 e. The standard InChI is InChI=1S/C29H34N8O/c1-29(2)19-34(3)18-20-16-21(12-13-23(20)29)31-28-30-17-22-26(33-28)37-25-11-9-10-24(32-25)35(4)14-7-5-6-8-15-36(37)27(22)38/h6,8-13,16-17H,5,7,14-15,18-19H2,1-4H3,(H,30,31,33)/b8-6-. The summed E-state index contributed by atoms with van der Waals surface area (Å²) in [5.74, 6) is 1.96. The topological polar surface area (TPSA) is 84.1 Å². The summed E-state index contributed by atoms with van der Waals surface area (Å²) in [6.45, 7) is 7.85. The number of pyridine rings is 1. The van der Waals surface area contributed by atoms with E-state index >= 15 is 0 Å². The van der Waals surface area contributed by atoms with Gasteiger partial charge in [-0.1, -0.05) is 38.1 Å². The van der Waals surface area contributed by atoms with Crippen LogP contribution in [0.2, 0.25) is 0 Å². The lowest BCUT2D eigenvalue weighted by atomic mass is 9.78. The number of likely N-dealkylation sites (N-methyl/N-ethyl adjacent to an activating group) is 1. The normalized spacial score (nSPS) is 18.3. The quantitative estimate of drug-likeness (QED) is 0.404. The van der Waals surface area contributed by atoms with Crippen LogP contribution in [0.25, 0.3) is 16.9 Å². The van der Waals surface area contributed by atoms with Crippen LogP contribution in [0.5, 0.6) is 0 Å². The molecule has 3 aromatic heterocycles. The van der Waals surface area contributed by atoms with Gasteiger partial charge >= 0.3 is 0 Å². The molecule has 38 heavy (non-hydrogen) atoms. The van der Waals surface area contributed by atoms with Gasteiger partial charge in [-0.15, -0.1) is 0 Å². The predicted molar refractivity (Wildman–Crippen MR) is 152 cm³/mol. The molecule has 196 valence electrons. The monoisotopic (exact) mass is 510 g/mol. The van der Waals surface area contributed by atoms with Crippen molar-refractivity contribution in [1.29, 1.82) is 0 Å². The summed E-state index contributed by atoms with van der Waals surface area (Å²) in [5, 5.41) is 3.84. The molecule has 1 N–H and O–H groups in total. The van der Waals surface area contributed by atoms with Gasteiger partial charge in [-0.25, -0.2) is 19.3 Å². The highest BCUT2D eigenvalue weighted by atomic mass is 16.1. The van der Waals surface area contributed by atoms with Crippen LogP contribution in [0.15, 0.2) is 59.5 Å². The summed E-state index contributed by atoms with van der Waals surface area (Å²) >= 11 is 0. The Kier molecular flexibility index (Phi) is 6.03. The van der Waals surface area contributed by atoms with Gasteiger partial charge in [-0.3, -0.25) is 4.79 Å². The summed E-state index contributed by atoms with van der Waals surface area (Å²) in [5.41, 5.74) is 4.10. The number of anilines is 3. The Bertz CT molecular complexity index is 1600. The first-order chi connectivity index (χ1) is 18.3. The molecule has 0 amide bonds. The van der Waals surface area contributed by atoms with Crippen molar-refractivity contribution in [3.05, 3.63) is 76.2 Å². The molecule has 9 nitrogen and oxygen atoms in total. The smallest absolute Gasteiger partial charge is 0.278 e. The van der Waals surface area contributed by atoms with Crippen LogP contribution in [-0.4, -0.2) is 56.4 Å². The molecule has 5 heterocycles. The second-order valence-corrected chi connectivity index (χ2v) is 11.1. The Morgan fingerprint density at radius 3 is 2.74 bits per heavy atom. The summed E-state index contributed by atoms with van der Waals surface area (Å²) in [7, 11) is 4.20. The van der Waals surface area contributed by atoms with E-state index in [9.17, 15) is 4.79 Å². The molecule has 0 radical (unpaired) electrons. The van der Waals surface area contributed by atoms with Gasteiger partial charge < -0.3 is 15.1 Å². The van der Waals surface area contributed by atoms with E-state index in [1.807, 2.05) is 36.0 Å². The number of benzene rings is 1. The minimum atomic E-state index is -0.132. The second-order valence-electron chi connectivity index (χ2n) is 11.1. The molecule has 4 aromatic rings. The van der Waals surface area contributed by atoms with Gasteiger partial charge in [0.05, 0.1) is 6.54 Å². The fourth-order valence-electron chi connectivity index (χ4n) is 5.78. The van der Waals surface area contributed by atoms with Crippen molar-refractivity contribution in [3.63, 3.8) is 0 Å². The second kappa shape index (κ2) is 9.40. The minimum absolute atomic E-state index is 0.0970. The molecule has 0 unspecified atom stereocenters. The van der Waals surface area contributed by atoms with Crippen molar-refractivity contribution in [2.45, 2.75) is 45.2 Å². The highest BCUT2D eigenvalue weighted by Crippen LogP contribution is 2.34. The number of nitrogens with zero attached hydrogens (tertiary/aromatic N) is 7. The molecular weight excluding hydrogens is 476 g/mol. The molecule has 0 atom stereocenters. The molecular formula is C29H34N8O. The van der Waals surface area contributed by atoms with Crippen molar-refractivity contribution in [1.82, 2.24) is 29.2 Å². The number of rotatable bonds is 2. The van der Waals surface area contributed by atoms with Crippen LogP contribution >= 0.6 is 0 Å². The first kappa shape index (κ1) is 24.4. The fraction of sp³-hybridized carbons (Fsp3) is 0.379. The zero-order valence-electron chi connectivity index (χ0n) is 22.5. The Balaban J connectivity index is 1.44. The minimum Gasteiger partial charge on any atom is -0.360 e. The van der Waals surface area contributed by atoms with Gasteiger partial charge in [0.15, 0.2) is 11.5 Å². The average Bonchev–Trinajstić information content (AvgIpc) is 3.15. The molecule has 9 heteroatoms. The van der Waals surface area contributed by atoms with Gasteiger partial charge in [0, 0.05) is 44.0 Å². The van der Waals surface area contributed by atoms with E-state index in [0.717, 1.165) is 44.0 Å². The van der Waals surface area contributed by atoms with E-state index in [2.05, 4.69) is 65.3 Å². The largest absolute Gasteiger partial charge is 0.360 e. The number of allylic oxidation sites excluding steroid dienone is 2. The molecule has 1 aromatic carbocycles. The van der Waals surface area contributed by atoms with E-state index in [1.54, 1.807) is 10.9 Å². The molecule has 0 fully saturated rings. The third-order valence-corrected chi connectivity index (χ3v) is 7.51. The van der Waals surface area contributed by atoms with Crippen LogP contribution in [0.1, 0.15) is 37.8 Å². The lowest BCUT2D eigenvalue weighted by Gasteiger charge is -2.38. The Hall–Kier alpha value is -3.98. The van der Waals surface area contributed by atoms with E-state index in [0.29, 0.717) is 29.3 Å². The maximum atomic E-state index is 13.4. The van der Waals surface area contributed by atoms with Gasteiger partial charge in [0.2, 0.25) is 5.95 Å². The van der Waals surface area contributed by atoms with Crippen LogP contribution in [0.3, 0.4) is 0 Å². The third-order valence-electron chi connectivity index (χ3n) is 7.51. The molecule has 0 saturated heterocycles. The van der Waals surface area contributed by atoms with E-state index in [1.165, 1.54) is 11.1 Å². The average molecular weight is 511 g/mol. The number of hydrogen-bond donors (Lipinski definition) is 1. The van der Waals surface area contributed by atoms with E-state index in [-0.39, 0.29) is 11.0 Å². The van der Waals surface area contributed by atoms with Gasteiger partial charge in [0.25, 0.3) is 5.56 Å². The first-order valence-corrected chi connectivity index (χ1v) is 13.2. The first-order valence-electron chi connectivity index (χ1n) is 13.2. The third kappa shape index (κ3) is 4.36. The molecule has 2 aliphatic heterocycles. The van der Waals surface area contributed by atoms with Crippen molar-refractivity contribution in [2.75, 3.05) is 37.4 Å². The molecule has 0 spiro atoms. The zero-order chi connectivity index (χ0) is 26.4. The Morgan fingerprint density at radius 1 is 1.03 bits per heavy atom. The molecule has 0 aliphatic carbocycles. The molecule has 6 rings (SSSR count). The van der Waals surface area contributed by atoms with Gasteiger partial charge in [-0.2, -0.15) is 4.98 Å². The predicted octanol–water partition coefficient (Wildman–Crippen LogP) is 4.23. The highest BCUT2D eigenvalue weighted by molar-refractivity contribution is 5.77. The molecule has 2 bridgehead atoms. The van der Waals surface area contributed by atoms with Crippen molar-refractivity contribution in [3.8, 4) is 5.82 Å². The Morgan fingerprint density at radius 2 is 1.87 bits per heavy atom. The zero-order valence-corrected chi connectivity index (χ0v) is 22.5. The SMILES string of the molecule is CN1Cc2cc(Nc3ncc4c(=O)n5n(c4n3)-c3cccc(n3)N(C)CCC/C=C\C5)ccc2C(C)(C)C1. The van der Waals surface area contributed by atoms with Crippen LogP contribution in [0, 0.1) is 0 Å². The van der Waals surface area contributed by atoms with E-state index in [4.69, 9.17) is 9.97 Å². The summed E-state index contributed by atoms with van der Waals surface area (Å²) in [6.07, 6.45) is 7.76. The number of aromatic nitrogens is 5. The van der Waals surface area contributed by atoms with Gasteiger partial charge in [0.1, 0.15) is 11.2 Å². The number of nitrogens with one attached hydrogen (secondary N) is 1. The number of fused-ring (bicyclic) bond motifs is 7. The lowest BCUT2D eigenvalue weighted by molar-refractivity contribution is 0.236. The van der Waals surface area contributed by atoms with Crippen LogP contribution in [0.4, 0.5) is 17.5 Å². The molecule has 0 saturated carbocycles. The van der Waals surface area contributed by atoms with Gasteiger partial charge in [-0.05, 0) is 55.3 Å². The summed E-state index contributed by atoms with van der Waals surface area (Å²) in [4.78, 5) is 32.2. The summed E-state index contributed by atoms with van der Waals surface area (Å²) < 4.78 is 3.50. The van der Waals surface area contributed by atoms with E-state index < -0.39 is 0 Å². The summed E-state index contributed by atoms with van der Waals surface area (Å²) in [6, 6.07) is 12.4. The lowest BCUT2D eigenvalue weighted by Crippen LogP contribution is -2.39. The van der Waals surface area contributed by atoms with Crippen molar-refractivity contribution >= 4 is 28.5 Å². The van der Waals surface area contributed by atoms with Crippen LogP contribution < -0.4 is 15.8 Å². The highest BCUT2D eigenvalue weighted by Gasteiger charge is 2.30. The Labute approximate surface area is 222 Å². The fourth-order valence-corrected chi connectivity index (χ4v) is 5.78.